The first-order chi connectivity index (χ1) is 11.5. The highest BCUT2D eigenvalue weighted by Gasteiger charge is 2.27. The topological polar surface area (TPSA) is 53.8 Å². The Morgan fingerprint density at radius 3 is 2.17 bits per heavy atom. The van der Waals surface area contributed by atoms with Crippen LogP contribution in [0.3, 0.4) is 0 Å². The molecule has 1 aromatic heterocycles. The van der Waals surface area contributed by atoms with Gasteiger partial charge in [-0.25, -0.2) is 0 Å². The lowest BCUT2D eigenvalue weighted by atomic mass is 10.1. The van der Waals surface area contributed by atoms with Crippen molar-refractivity contribution in [2.75, 3.05) is 26.2 Å². The van der Waals surface area contributed by atoms with Crippen molar-refractivity contribution in [2.24, 2.45) is 0 Å². The Hall–Kier alpha value is -2.27. The van der Waals surface area contributed by atoms with E-state index in [-0.39, 0.29) is 11.8 Å². The van der Waals surface area contributed by atoms with Crippen molar-refractivity contribution in [1.82, 2.24) is 9.80 Å². The van der Waals surface area contributed by atoms with E-state index in [2.05, 4.69) is 0 Å². The van der Waals surface area contributed by atoms with Gasteiger partial charge in [0, 0.05) is 36.8 Å². The third-order valence-corrected chi connectivity index (χ3v) is 4.43. The number of carbonyl (C=O) groups excluding carboxylic acids is 2. The molecular formula is C18H19ClN2O3. The molecule has 1 aliphatic rings. The van der Waals surface area contributed by atoms with E-state index in [9.17, 15) is 9.59 Å². The zero-order chi connectivity index (χ0) is 17.3. The summed E-state index contributed by atoms with van der Waals surface area (Å²) in [4.78, 5) is 28.6. The van der Waals surface area contributed by atoms with E-state index in [0.717, 1.165) is 5.76 Å². The SMILES string of the molecule is Cc1cc(C(=O)N2CCN(C(=O)c3cccc(Cl)c3)CC2)c(C)o1. The van der Waals surface area contributed by atoms with Gasteiger partial charge in [-0.1, -0.05) is 17.7 Å². The Bertz CT molecular complexity index is 776. The minimum atomic E-state index is -0.0556. The molecule has 0 saturated carbocycles. The van der Waals surface area contributed by atoms with Crippen LogP contribution in [0.25, 0.3) is 0 Å². The molecule has 0 spiro atoms. The Labute approximate surface area is 145 Å². The van der Waals surface area contributed by atoms with E-state index < -0.39 is 0 Å². The van der Waals surface area contributed by atoms with Crippen LogP contribution < -0.4 is 0 Å². The lowest BCUT2D eigenvalue weighted by Gasteiger charge is -2.34. The van der Waals surface area contributed by atoms with E-state index in [1.165, 1.54) is 0 Å². The third kappa shape index (κ3) is 3.31. The lowest BCUT2D eigenvalue weighted by Crippen LogP contribution is -2.50. The van der Waals surface area contributed by atoms with Gasteiger partial charge in [0.2, 0.25) is 0 Å². The molecule has 5 nitrogen and oxygen atoms in total. The first-order valence-corrected chi connectivity index (χ1v) is 8.24. The first kappa shape index (κ1) is 16.6. The van der Waals surface area contributed by atoms with Gasteiger partial charge >= 0.3 is 0 Å². The van der Waals surface area contributed by atoms with E-state index in [0.29, 0.717) is 48.1 Å². The maximum Gasteiger partial charge on any atom is 0.257 e. The molecule has 0 atom stereocenters. The summed E-state index contributed by atoms with van der Waals surface area (Å²) in [5, 5.41) is 0.542. The predicted molar refractivity (Wildman–Crippen MR) is 91.4 cm³/mol. The number of aryl methyl sites for hydroxylation is 2. The van der Waals surface area contributed by atoms with Crippen LogP contribution in [0, 0.1) is 13.8 Å². The number of amides is 2. The van der Waals surface area contributed by atoms with E-state index >= 15 is 0 Å². The average Bonchev–Trinajstić information content (AvgIpc) is 2.92. The quantitative estimate of drug-likeness (QED) is 0.839. The standard InChI is InChI=1S/C18H19ClN2O3/c1-12-10-16(13(2)24-12)18(23)21-8-6-20(7-9-21)17(22)14-4-3-5-15(19)11-14/h3-5,10-11H,6-9H2,1-2H3. The van der Waals surface area contributed by atoms with Crippen LogP contribution in [0.15, 0.2) is 34.7 Å². The molecule has 2 heterocycles. The van der Waals surface area contributed by atoms with Crippen molar-refractivity contribution in [3.63, 3.8) is 0 Å². The molecule has 0 radical (unpaired) electrons. The number of furan rings is 1. The fourth-order valence-corrected chi connectivity index (χ4v) is 3.12. The van der Waals surface area contributed by atoms with Gasteiger partial charge in [0.15, 0.2) is 0 Å². The molecule has 0 bridgehead atoms. The minimum Gasteiger partial charge on any atom is -0.466 e. The summed E-state index contributed by atoms with van der Waals surface area (Å²) >= 11 is 5.94. The molecule has 126 valence electrons. The normalized spacial score (nSPS) is 14.8. The Balaban J connectivity index is 1.64. The van der Waals surface area contributed by atoms with Gasteiger partial charge in [0.1, 0.15) is 11.5 Å². The van der Waals surface area contributed by atoms with Gasteiger partial charge in [-0.15, -0.1) is 0 Å². The zero-order valence-corrected chi connectivity index (χ0v) is 14.5. The molecule has 1 fully saturated rings. The van der Waals surface area contributed by atoms with Gasteiger partial charge in [0.05, 0.1) is 5.56 Å². The molecule has 6 heteroatoms. The summed E-state index contributed by atoms with van der Waals surface area (Å²) in [6.45, 7) is 5.65. The second-order valence-corrected chi connectivity index (χ2v) is 6.36. The van der Waals surface area contributed by atoms with Crippen LogP contribution in [0.2, 0.25) is 5.02 Å². The number of hydrogen-bond donors (Lipinski definition) is 0. The van der Waals surface area contributed by atoms with E-state index in [4.69, 9.17) is 16.0 Å². The van der Waals surface area contributed by atoms with Crippen LogP contribution in [0.1, 0.15) is 32.2 Å². The fraction of sp³-hybridized carbons (Fsp3) is 0.333. The summed E-state index contributed by atoms with van der Waals surface area (Å²) in [7, 11) is 0. The number of benzene rings is 1. The van der Waals surface area contributed by atoms with E-state index in [1.54, 1.807) is 47.1 Å². The molecule has 1 aliphatic heterocycles. The summed E-state index contributed by atoms with van der Waals surface area (Å²) in [5.74, 6) is 1.26. The van der Waals surface area contributed by atoms with Gasteiger partial charge in [-0.05, 0) is 38.1 Å². The molecule has 3 rings (SSSR count). The number of nitrogens with zero attached hydrogens (tertiary/aromatic N) is 2. The zero-order valence-electron chi connectivity index (χ0n) is 13.7. The molecule has 0 N–H and O–H groups in total. The summed E-state index contributed by atoms with van der Waals surface area (Å²) < 4.78 is 5.43. The highest BCUT2D eigenvalue weighted by atomic mass is 35.5. The second-order valence-electron chi connectivity index (χ2n) is 5.92. The highest BCUT2D eigenvalue weighted by molar-refractivity contribution is 6.30. The molecule has 24 heavy (non-hydrogen) atoms. The minimum absolute atomic E-state index is 0.0424. The molecule has 1 saturated heterocycles. The largest absolute Gasteiger partial charge is 0.466 e. The molecule has 0 aliphatic carbocycles. The molecule has 2 amide bonds. The lowest BCUT2D eigenvalue weighted by molar-refractivity contribution is 0.0534. The summed E-state index contributed by atoms with van der Waals surface area (Å²) in [6, 6.07) is 8.69. The van der Waals surface area contributed by atoms with E-state index in [1.807, 2.05) is 6.92 Å². The second kappa shape index (κ2) is 6.69. The summed E-state index contributed by atoms with van der Waals surface area (Å²) in [5.41, 5.74) is 1.17. The Morgan fingerprint density at radius 2 is 1.62 bits per heavy atom. The number of carbonyl (C=O) groups is 2. The van der Waals surface area contributed by atoms with Gasteiger partial charge in [-0.3, -0.25) is 9.59 Å². The monoisotopic (exact) mass is 346 g/mol. The van der Waals surface area contributed by atoms with Crippen LogP contribution in [-0.4, -0.2) is 47.8 Å². The van der Waals surface area contributed by atoms with Gasteiger partial charge < -0.3 is 14.2 Å². The molecule has 1 aromatic carbocycles. The van der Waals surface area contributed by atoms with Crippen molar-refractivity contribution >= 4 is 23.4 Å². The fourth-order valence-electron chi connectivity index (χ4n) is 2.93. The number of hydrogen-bond acceptors (Lipinski definition) is 3. The van der Waals surface area contributed by atoms with Crippen LogP contribution in [-0.2, 0) is 0 Å². The third-order valence-electron chi connectivity index (χ3n) is 4.20. The maximum atomic E-state index is 12.6. The van der Waals surface area contributed by atoms with Crippen molar-refractivity contribution in [2.45, 2.75) is 13.8 Å². The van der Waals surface area contributed by atoms with Crippen LogP contribution >= 0.6 is 11.6 Å². The summed E-state index contributed by atoms with van der Waals surface area (Å²) in [6.07, 6.45) is 0. The predicted octanol–water partition coefficient (Wildman–Crippen LogP) is 3.15. The molecular weight excluding hydrogens is 328 g/mol. The van der Waals surface area contributed by atoms with Crippen molar-refractivity contribution in [3.8, 4) is 0 Å². The van der Waals surface area contributed by atoms with Crippen molar-refractivity contribution < 1.29 is 14.0 Å². The van der Waals surface area contributed by atoms with Crippen LogP contribution in [0.4, 0.5) is 0 Å². The van der Waals surface area contributed by atoms with Crippen molar-refractivity contribution in [1.29, 1.82) is 0 Å². The Kier molecular flexibility index (Phi) is 4.62. The number of piperazine rings is 1. The maximum absolute atomic E-state index is 12.6. The van der Waals surface area contributed by atoms with Crippen LogP contribution in [0.5, 0.6) is 0 Å². The number of halogens is 1. The first-order valence-electron chi connectivity index (χ1n) is 7.87. The average molecular weight is 347 g/mol. The van der Waals surface area contributed by atoms with Gasteiger partial charge in [-0.2, -0.15) is 0 Å². The van der Waals surface area contributed by atoms with Gasteiger partial charge in [0.25, 0.3) is 11.8 Å². The highest BCUT2D eigenvalue weighted by Crippen LogP contribution is 2.18. The Morgan fingerprint density at radius 1 is 1.00 bits per heavy atom. The molecule has 0 unspecified atom stereocenters. The number of rotatable bonds is 2. The molecule has 2 aromatic rings. The van der Waals surface area contributed by atoms with Crippen molar-refractivity contribution in [3.05, 3.63) is 58.0 Å². The smallest absolute Gasteiger partial charge is 0.257 e.